The fraction of sp³-hybridized carbons (Fsp3) is 0.364. The summed E-state index contributed by atoms with van der Waals surface area (Å²) in [6.45, 7) is 0. The highest BCUT2D eigenvalue weighted by molar-refractivity contribution is 6.04. The van der Waals surface area contributed by atoms with Gasteiger partial charge in [0.15, 0.2) is 0 Å². The zero-order valence-electron chi connectivity index (χ0n) is 8.69. The van der Waals surface area contributed by atoms with E-state index in [1.54, 1.807) is 4.90 Å². The number of para-hydroxylation sites is 1. The molecule has 0 N–H and O–H groups in total. The van der Waals surface area contributed by atoms with E-state index in [4.69, 9.17) is 0 Å². The highest BCUT2D eigenvalue weighted by atomic mass is 16.2. The van der Waals surface area contributed by atoms with E-state index < -0.39 is 0 Å². The molecule has 1 aromatic rings. The van der Waals surface area contributed by atoms with Crippen molar-refractivity contribution in [3.8, 4) is 0 Å². The van der Waals surface area contributed by atoms with Gasteiger partial charge in [0, 0.05) is 18.3 Å². The third kappa shape index (κ3) is 1.13. The normalized spacial score (nSPS) is 20.4. The molecule has 1 aliphatic rings. The Morgan fingerprint density at radius 1 is 1.29 bits per heavy atom. The average Bonchev–Trinajstić information content (AvgIpc) is 2.41. The van der Waals surface area contributed by atoms with Crippen molar-refractivity contribution in [2.24, 2.45) is 0 Å². The van der Waals surface area contributed by atoms with E-state index in [-0.39, 0.29) is 11.9 Å². The number of likely N-dealkylation sites (N-methyl/N-ethyl adjacent to an activating group) is 2. The van der Waals surface area contributed by atoms with Gasteiger partial charge in [0.25, 0.3) is 0 Å². The Labute approximate surface area is 83.9 Å². The van der Waals surface area contributed by atoms with Crippen molar-refractivity contribution < 1.29 is 4.79 Å². The maximum atomic E-state index is 11.9. The number of fused-ring (bicyclic) bond motifs is 1. The Morgan fingerprint density at radius 2 is 1.93 bits per heavy atom. The molecule has 0 saturated heterocycles. The minimum Gasteiger partial charge on any atom is -0.313 e. The van der Waals surface area contributed by atoms with Gasteiger partial charge in [-0.3, -0.25) is 9.69 Å². The van der Waals surface area contributed by atoms with Crippen molar-refractivity contribution in [3.05, 3.63) is 29.8 Å². The molecule has 14 heavy (non-hydrogen) atoms. The van der Waals surface area contributed by atoms with Gasteiger partial charge < -0.3 is 4.90 Å². The molecule has 1 atom stereocenters. The molecule has 0 spiro atoms. The van der Waals surface area contributed by atoms with Crippen LogP contribution in [0.3, 0.4) is 0 Å². The Bertz CT molecular complexity index is 373. The molecular weight excluding hydrogens is 176 g/mol. The SMILES string of the molecule is CN1C(=O)C(N(C)C)c2ccccc21. The summed E-state index contributed by atoms with van der Waals surface area (Å²) in [6.07, 6.45) is 0. The van der Waals surface area contributed by atoms with Gasteiger partial charge >= 0.3 is 0 Å². The van der Waals surface area contributed by atoms with Crippen LogP contribution < -0.4 is 4.90 Å². The third-order valence-corrected chi connectivity index (χ3v) is 2.67. The fourth-order valence-electron chi connectivity index (χ4n) is 1.96. The number of carbonyl (C=O) groups is 1. The van der Waals surface area contributed by atoms with Crippen molar-refractivity contribution in [1.29, 1.82) is 0 Å². The lowest BCUT2D eigenvalue weighted by atomic mass is 10.1. The maximum Gasteiger partial charge on any atom is 0.248 e. The van der Waals surface area contributed by atoms with E-state index in [1.165, 1.54) is 0 Å². The lowest BCUT2D eigenvalue weighted by Crippen LogP contribution is -2.31. The van der Waals surface area contributed by atoms with E-state index >= 15 is 0 Å². The molecule has 1 aromatic carbocycles. The van der Waals surface area contributed by atoms with E-state index in [9.17, 15) is 4.79 Å². The molecule has 0 saturated carbocycles. The minimum absolute atomic E-state index is 0.115. The summed E-state index contributed by atoms with van der Waals surface area (Å²) in [6, 6.07) is 7.82. The van der Waals surface area contributed by atoms with Gasteiger partial charge in [-0.15, -0.1) is 0 Å². The molecule has 1 amide bonds. The molecule has 1 unspecified atom stereocenters. The number of amides is 1. The van der Waals surface area contributed by atoms with Crippen molar-refractivity contribution in [3.63, 3.8) is 0 Å². The summed E-state index contributed by atoms with van der Waals surface area (Å²) in [5, 5.41) is 0. The summed E-state index contributed by atoms with van der Waals surface area (Å²) in [5.41, 5.74) is 2.13. The van der Waals surface area contributed by atoms with Gasteiger partial charge in [-0.05, 0) is 20.2 Å². The van der Waals surface area contributed by atoms with Crippen LogP contribution in [0.5, 0.6) is 0 Å². The number of benzene rings is 1. The summed E-state index contributed by atoms with van der Waals surface area (Å²) < 4.78 is 0. The number of rotatable bonds is 1. The first-order valence-corrected chi connectivity index (χ1v) is 4.66. The molecule has 0 fully saturated rings. The van der Waals surface area contributed by atoms with Gasteiger partial charge in [-0.2, -0.15) is 0 Å². The van der Waals surface area contributed by atoms with Crippen LogP contribution in [0.4, 0.5) is 5.69 Å². The number of hydrogen-bond donors (Lipinski definition) is 0. The van der Waals surface area contributed by atoms with Crippen molar-refractivity contribution >= 4 is 11.6 Å². The smallest absolute Gasteiger partial charge is 0.248 e. The highest BCUT2D eigenvalue weighted by Crippen LogP contribution is 2.36. The molecule has 2 rings (SSSR count). The van der Waals surface area contributed by atoms with Crippen LogP contribution in [0.25, 0.3) is 0 Å². The zero-order valence-corrected chi connectivity index (χ0v) is 8.69. The predicted molar refractivity (Wildman–Crippen MR) is 56.3 cm³/mol. The molecule has 0 bridgehead atoms. The van der Waals surface area contributed by atoms with Gasteiger partial charge in [0.1, 0.15) is 6.04 Å². The summed E-state index contributed by atoms with van der Waals surface area (Å²) >= 11 is 0. The molecule has 3 heteroatoms. The van der Waals surface area contributed by atoms with Gasteiger partial charge in [-0.25, -0.2) is 0 Å². The predicted octanol–water partition coefficient (Wildman–Crippen LogP) is 1.27. The standard InChI is InChI=1S/C11H14N2O/c1-12(2)10-8-6-4-5-7-9(8)13(3)11(10)14/h4-7,10H,1-3H3. The highest BCUT2D eigenvalue weighted by Gasteiger charge is 2.35. The van der Waals surface area contributed by atoms with Crippen LogP contribution in [0.1, 0.15) is 11.6 Å². The van der Waals surface area contributed by atoms with Crippen LogP contribution in [0.2, 0.25) is 0 Å². The van der Waals surface area contributed by atoms with Crippen LogP contribution in [-0.4, -0.2) is 32.0 Å². The van der Waals surface area contributed by atoms with E-state index in [0.717, 1.165) is 11.3 Å². The summed E-state index contributed by atoms with van der Waals surface area (Å²) in [4.78, 5) is 15.6. The Balaban J connectivity index is 2.53. The quantitative estimate of drug-likeness (QED) is 0.665. The molecule has 0 radical (unpaired) electrons. The molecule has 74 valence electrons. The number of anilines is 1. The molecular formula is C11H14N2O. The number of nitrogens with zero attached hydrogens (tertiary/aromatic N) is 2. The summed E-state index contributed by atoms with van der Waals surface area (Å²) in [7, 11) is 5.68. The number of carbonyl (C=O) groups excluding carboxylic acids is 1. The van der Waals surface area contributed by atoms with Crippen LogP contribution in [0, 0.1) is 0 Å². The first-order valence-electron chi connectivity index (χ1n) is 4.66. The molecule has 0 aromatic heterocycles. The Morgan fingerprint density at radius 3 is 2.57 bits per heavy atom. The van der Waals surface area contributed by atoms with Crippen molar-refractivity contribution in [2.75, 3.05) is 26.0 Å². The van der Waals surface area contributed by atoms with Crippen molar-refractivity contribution in [2.45, 2.75) is 6.04 Å². The second-order valence-corrected chi connectivity index (χ2v) is 3.82. The summed E-state index contributed by atoms with van der Waals surface area (Å²) in [5.74, 6) is 0.149. The Hall–Kier alpha value is -1.35. The zero-order chi connectivity index (χ0) is 10.3. The monoisotopic (exact) mass is 190 g/mol. The topological polar surface area (TPSA) is 23.6 Å². The maximum absolute atomic E-state index is 11.9. The van der Waals surface area contributed by atoms with Gasteiger partial charge in [0.2, 0.25) is 5.91 Å². The Kier molecular flexibility index (Phi) is 2.04. The second-order valence-electron chi connectivity index (χ2n) is 3.82. The average molecular weight is 190 g/mol. The molecule has 1 heterocycles. The fourth-order valence-corrected chi connectivity index (χ4v) is 1.96. The molecule has 0 aliphatic carbocycles. The van der Waals surface area contributed by atoms with Crippen molar-refractivity contribution in [1.82, 2.24) is 4.90 Å². The first kappa shape index (κ1) is 9.21. The first-order chi connectivity index (χ1) is 6.63. The number of hydrogen-bond acceptors (Lipinski definition) is 2. The van der Waals surface area contributed by atoms with Crippen LogP contribution >= 0.6 is 0 Å². The lowest BCUT2D eigenvalue weighted by molar-refractivity contribution is -0.121. The molecule has 3 nitrogen and oxygen atoms in total. The van der Waals surface area contributed by atoms with E-state index in [0.29, 0.717) is 0 Å². The third-order valence-electron chi connectivity index (χ3n) is 2.67. The van der Waals surface area contributed by atoms with Gasteiger partial charge in [0.05, 0.1) is 0 Å². The second kappa shape index (κ2) is 3.10. The van der Waals surface area contributed by atoms with Gasteiger partial charge in [-0.1, -0.05) is 18.2 Å². The lowest BCUT2D eigenvalue weighted by Gasteiger charge is -2.17. The molecule has 1 aliphatic heterocycles. The minimum atomic E-state index is -0.115. The van der Waals surface area contributed by atoms with Crippen LogP contribution in [-0.2, 0) is 4.79 Å². The van der Waals surface area contributed by atoms with Crippen LogP contribution in [0.15, 0.2) is 24.3 Å². The van der Waals surface area contributed by atoms with E-state index in [1.807, 2.05) is 50.3 Å². The van der Waals surface area contributed by atoms with E-state index in [2.05, 4.69) is 0 Å². The largest absolute Gasteiger partial charge is 0.313 e.